The van der Waals surface area contributed by atoms with Crippen molar-refractivity contribution in [2.75, 3.05) is 11.9 Å². The summed E-state index contributed by atoms with van der Waals surface area (Å²) >= 11 is 0. The van der Waals surface area contributed by atoms with Gasteiger partial charge < -0.3 is 19.2 Å². The largest absolute Gasteiger partial charge is 0.441 e. The van der Waals surface area contributed by atoms with Crippen molar-refractivity contribution < 1.29 is 9.21 Å². The van der Waals surface area contributed by atoms with Gasteiger partial charge in [-0.05, 0) is 37.1 Å². The SMILES string of the molecule is Cc1nc2ccc(NC(=O)N3CCC[C@@H]3c3cccn3C)cc2o1. The van der Waals surface area contributed by atoms with Crippen molar-refractivity contribution in [3.05, 3.63) is 48.1 Å². The number of aromatic nitrogens is 2. The van der Waals surface area contributed by atoms with Crippen molar-refractivity contribution in [1.29, 1.82) is 0 Å². The van der Waals surface area contributed by atoms with E-state index in [2.05, 4.69) is 20.9 Å². The van der Waals surface area contributed by atoms with Crippen LogP contribution in [0.1, 0.15) is 30.5 Å². The summed E-state index contributed by atoms with van der Waals surface area (Å²) in [6, 6.07) is 9.69. The molecule has 1 saturated heterocycles. The molecule has 124 valence electrons. The first-order chi connectivity index (χ1) is 11.6. The average Bonchev–Trinajstić information content (AvgIpc) is 3.24. The van der Waals surface area contributed by atoms with Crippen LogP contribution in [-0.2, 0) is 7.05 Å². The quantitative estimate of drug-likeness (QED) is 0.779. The van der Waals surface area contributed by atoms with E-state index in [0.717, 1.165) is 30.6 Å². The highest BCUT2D eigenvalue weighted by molar-refractivity contribution is 5.92. The van der Waals surface area contributed by atoms with Crippen LogP contribution < -0.4 is 5.32 Å². The molecular weight excluding hydrogens is 304 g/mol. The topological polar surface area (TPSA) is 63.3 Å². The molecule has 1 atom stereocenters. The Morgan fingerprint density at radius 1 is 1.38 bits per heavy atom. The summed E-state index contributed by atoms with van der Waals surface area (Å²) in [5.41, 5.74) is 3.38. The van der Waals surface area contributed by atoms with Crippen LogP contribution in [0.2, 0.25) is 0 Å². The van der Waals surface area contributed by atoms with Gasteiger partial charge >= 0.3 is 6.03 Å². The second-order valence-electron chi connectivity index (χ2n) is 6.24. The minimum Gasteiger partial charge on any atom is -0.441 e. The number of hydrogen-bond donors (Lipinski definition) is 1. The normalized spacial score (nSPS) is 17.6. The molecule has 1 aliphatic heterocycles. The van der Waals surface area contributed by atoms with Gasteiger partial charge in [-0.1, -0.05) is 0 Å². The first kappa shape index (κ1) is 14.8. The molecule has 1 aliphatic rings. The standard InChI is InChI=1S/C18H20N4O2/c1-12-19-14-8-7-13(11-17(14)24-12)20-18(23)22-10-4-6-16(22)15-5-3-9-21(15)2/h3,5,7-9,11,16H,4,6,10H2,1-2H3,(H,20,23)/t16-/m1/s1. The highest BCUT2D eigenvalue weighted by Crippen LogP contribution is 2.32. The minimum atomic E-state index is -0.0747. The Morgan fingerprint density at radius 3 is 3.04 bits per heavy atom. The molecule has 0 spiro atoms. The zero-order valence-electron chi connectivity index (χ0n) is 13.8. The molecule has 24 heavy (non-hydrogen) atoms. The lowest BCUT2D eigenvalue weighted by molar-refractivity contribution is 0.205. The van der Waals surface area contributed by atoms with Gasteiger partial charge in [0.1, 0.15) is 5.52 Å². The van der Waals surface area contributed by atoms with E-state index in [4.69, 9.17) is 4.42 Å². The number of likely N-dealkylation sites (tertiary alicyclic amines) is 1. The molecule has 0 bridgehead atoms. The van der Waals surface area contributed by atoms with Crippen LogP contribution in [0.15, 0.2) is 40.9 Å². The Hall–Kier alpha value is -2.76. The number of fused-ring (bicyclic) bond motifs is 1. The monoisotopic (exact) mass is 324 g/mol. The lowest BCUT2D eigenvalue weighted by Crippen LogP contribution is -2.35. The predicted octanol–water partition coefficient (Wildman–Crippen LogP) is 3.84. The van der Waals surface area contributed by atoms with Crippen molar-refractivity contribution >= 4 is 22.8 Å². The van der Waals surface area contributed by atoms with E-state index in [1.807, 2.05) is 49.3 Å². The summed E-state index contributed by atoms with van der Waals surface area (Å²) in [5, 5.41) is 2.99. The maximum absolute atomic E-state index is 12.7. The van der Waals surface area contributed by atoms with Crippen molar-refractivity contribution in [2.24, 2.45) is 7.05 Å². The Morgan fingerprint density at radius 2 is 2.25 bits per heavy atom. The number of carbonyl (C=O) groups excluding carboxylic acids is 1. The molecule has 0 radical (unpaired) electrons. The van der Waals surface area contributed by atoms with Gasteiger partial charge in [0.2, 0.25) is 0 Å². The Kier molecular flexibility index (Phi) is 3.52. The summed E-state index contributed by atoms with van der Waals surface area (Å²) in [6.45, 7) is 2.58. The molecule has 2 aromatic heterocycles. The number of amides is 2. The second kappa shape index (κ2) is 5.70. The molecule has 0 aliphatic carbocycles. The van der Waals surface area contributed by atoms with Crippen molar-refractivity contribution in [3.8, 4) is 0 Å². The van der Waals surface area contributed by atoms with E-state index in [1.165, 1.54) is 5.69 Å². The van der Waals surface area contributed by atoms with E-state index in [9.17, 15) is 4.79 Å². The maximum atomic E-state index is 12.7. The lowest BCUT2D eigenvalue weighted by Gasteiger charge is -2.25. The number of urea groups is 1. The van der Waals surface area contributed by atoms with E-state index in [0.29, 0.717) is 11.5 Å². The fourth-order valence-electron chi connectivity index (χ4n) is 3.45. The van der Waals surface area contributed by atoms with Crippen LogP contribution in [0, 0.1) is 6.92 Å². The molecule has 6 nitrogen and oxygen atoms in total. The van der Waals surface area contributed by atoms with Crippen molar-refractivity contribution in [1.82, 2.24) is 14.5 Å². The number of nitrogens with one attached hydrogen (secondary N) is 1. The highest BCUT2D eigenvalue weighted by atomic mass is 16.3. The molecule has 3 aromatic rings. The van der Waals surface area contributed by atoms with Gasteiger partial charge in [-0.15, -0.1) is 0 Å². The van der Waals surface area contributed by atoms with Crippen LogP contribution in [0.25, 0.3) is 11.1 Å². The van der Waals surface area contributed by atoms with Gasteiger partial charge in [-0.2, -0.15) is 0 Å². The molecule has 1 fully saturated rings. The number of benzene rings is 1. The molecule has 1 aromatic carbocycles. The van der Waals surface area contributed by atoms with Gasteiger partial charge in [-0.3, -0.25) is 0 Å². The smallest absolute Gasteiger partial charge is 0.322 e. The number of oxazole rings is 1. The van der Waals surface area contributed by atoms with Gasteiger partial charge in [0.25, 0.3) is 0 Å². The van der Waals surface area contributed by atoms with Crippen LogP contribution in [0.4, 0.5) is 10.5 Å². The summed E-state index contributed by atoms with van der Waals surface area (Å²) in [7, 11) is 2.02. The van der Waals surface area contributed by atoms with Crippen LogP contribution in [-0.4, -0.2) is 27.0 Å². The van der Waals surface area contributed by atoms with Gasteiger partial charge in [-0.25, -0.2) is 9.78 Å². The Labute approximate surface area is 140 Å². The highest BCUT2D eigenvalue weighted by Gasteiger charge is 2.31. The molecular formula is C18H20N4O2. The second-order valence-corrected chi connectivity index (χ2v) is 6.24. The molecule has 1 N–H and O–H groups in total. The maximum Gasteiger partial charge on any atom is 0.322 e. The van der Waals surface area contributed by atoms with Gasteiger partial charge in [0.15, 0.2) is 11.5 Å². The number of aryl methyl sites for hydroxylation is 2. The molecule has 2 amide bonds. The third-order valence-electron chi connectivity index (χ3n) is 4.59. The molecule has 6 heteroatoms. The van der Waals surface area contributed by atoms with E-state index >= 15 is 0 Å². The fraction of sp³-hybridized carbons (Fsp3) is 0.333. The van der Waals surface area contributed by atoms with E-state index in [1.54, 1.807) is 0 Å². The summed E-state index contributed by atoms with van der Waals surface area (Å²) in [6.07, 6.45) is 4.03. The number of rotatable bonds is 2. The number of nitrogens with zero attached hydrogens (tertiary/aromatic N) is 3. The molecule has 4 rings (SSSR count). The fourth-order valence-corrected chi connectivity index (χ4v) is 3.45. The third kappa shape index (κ3) is 2.54. The minimum absolute atomic E-state index is 0.0747. The zero-order valence-corrected chi connectivity index (χ0v) is 13.8. The molecule has 3 heterocycles. The zero-order chi connectivity index (χ0) is 16.7. The Bertz CT molecular complexity index is 895. The van der Waals surface area contributed by atoms with Crippen molar-refractivity contribution in [2.45, 2.75) is 25.8 Å². The van der Waals surface area contributed by atoms with Crippen molar-refractivity contribution in [3.63, 3.8) is 0 Å². The van der Waals surface area contributed by atoms with E-state index < -0.39 is 0 Å². The molecule has 0 saturated carbocycles. The first-order valence-corrected chi connectivity index (χ1v) is 8.18. The number of anilines is 1. The van der Waals surface area contributed by atoms with Gasteiger partial charge in [0.05, 0.1) is 6.04 Å². The lowest BCUT2D eigenvalue weighted by atomic mass is 10.1. The Balaban J connectivity index is 1.55. The third-order valence-corrected chi connectivity index (χ3v) is 4.59. The number of carbonyl (C=O) groups is 1. The average molecular weight is 324 g/mol. The summed E-state index contributed by atoms with van der Waals surface area (Å²) in [4.78, 5) is 18.9. The number of hydrogen-bond acceptors (Lipinski definition) is 3. The van der Waals surface area contributed by atoms with E-state index in [-0.39, 0.29) is 12.1 Å². The molecule has 0 unspecified atom stereocenters. The summed E-state index contributed by atoms with van der Waals surface area (Å²) < 4.78 is 7.61. The van der Waals surface area contributed by atoms with Crippen LogP contribution >= 0.6 is 0 Å². The van der Waals surface area contributed by atoms with Gasteiger partial charge in [0, 0.05) is 44.2 Å². The van der Waals surface area contributed by atoms with Crippen LogP contribution in [0.5, 0.6) is 0 Å². The summed E-state index contributed by atoms with van der Waals surface area (Å²) in [5.74, 6) is 0.622. The first-order valence-electron chi connectivity index (χ1n) is 8.18. The van der Waals surface area contributed by atoms with Crippen LogP contribution in [0.3, 0.4) is 0 Å². The predicted molar refractivity (Wildman–Crippen MR) is 91.9 cm³/mol.